The molecule has 9 heteroatoms. The molecule has 2 aromatic rings. The van der Waals surface area contributed by atoms with Crippen LogP contribution in [-0.4, -0.2) is 36.1 Å². The number of thiazole rings is 1. The molecule has 0 spiro atoms. The van der Waals surface area contributed by atoms with Crippen LogP contribution in [0, 0.1) is 11.6 Å². The maximum Gasteiger partial charge on any atom is 0.226 e. The summed E-state index contributed by atoms with van der Waals surface area (Å²) in [6.45, 7) is 6.73. The second-order valence-corrected chi connectivity index (χ2v) is 10.2. The molecule has 34 heavy (non-hydrogen) atoms. The van der Waals surface area contributed by atoms with Gasteiger partial charge in [0.1, 0.15) is 11.6 Å². The number of carbonyl (C=O) groups is 2. The van der Waals surface area contributed by atoms with Crippen molar-refractivity contribution in [1.29, 1.82) is 0 Å². The standard InChI is InChI=1S/C25H35F2N3O3S/c1-17(8-7-10-25(2,3)33-4)21-16-29-24(34-21)30-22(31)9-5-6-11-28-23(32)14-18-12-19(26)15-20(27)13-18/h12-13,15-17H,5-11,14H2,1-4H3,(H,28,32)(H,29,30,31). The van der Waals surface area contributed by atoms with Crippen molar-refractivity contribution in [1.82, 2.24) is 10.3 Å². The summed E-state index contributed by atoms with van der Waals surface area (Å²) in [7, 11) is 1.73. The summed E-state index contributed by atoms with van der Waals surface area (Å²) in [6.07, 6.45) is 6.34. The van der Waals surface area contributed by atoms with Crippen molar-refractivity contribution in [3.05, 3.63) is 46.5 Å². The quantitative estimate of drug-likeness (QED) is 0.335. The molecule has 0 saturated heterocycles. The van der Waals surface area contributed by atoms with Gasteiger partial charge in [0.25, 0.3) is 0 Å². The number of halogens is 2. The van der Waals surface area contributed by atoms with Crippen molar-refractivity contribution < 1.29 is 23.1 Å². The number of methoxy groups -OCH3 is 1. The minimum absolute atomic E-state index is 0.0931. The third kappa shape index (κ3) is 10.3. The Bertz CT molecular complexity index is 929. The Labute approximate surface area is 204 Å². The van der Waals surface area contributed by atoms with E-state index in [0.29, 0.717) is 36.9 Å². The highest BCUT2D eigenvalue weighted by atomic mass is 32.1. The Morgan fingerprint density at radius 1 is 1.12 bits per heavy atom. The van der Waals surface area contributed by atoms with E-state index in [1.807, 2.05) is 6.20 Å². The largest absolute Gasteiger partial charge is 0.379 e. The Morgan fingerprint density at radius 2 is 1.82 bits per heavy atom. The van der Waals surface area contributed by atoms with Gasteiger partial charge in [-0.1, -0.05) is 6.92 Å². The second-order valence-electron chi connectivity index (χ2n) is 9.13. The molecular weight excluding hydrogens is 460 g/mol. The number of carbonyl (C=O) groups excluding carboxylic acids is 2. The van der Waals surface area contributed by atoms with Crippen LogP contribution < -0.4 is 10.6 Å². The number of benzene rings is 1. The van der Waals surface area contributed by atoms with E-state index in [2.05, 4.69) is 36.4 Å². The lowest BCUT2D eigenvalue weighted by atomic mass is 9.96. The maximum absolute atomic E-state index is 13.2. The molecule has 2 amide bonds. The summed E-state index contributed by atoms with van der Waals surface area (Å²) in [4.78, 5) is 29.6. The van der Waals surface area contributed by atoms with Crippen LogP contribution in [0.25, 0.3) is 0 Å². The topological polar surface area (TPSA) is 80.3 Å². The Balaban J connectivity index is 1.62. The van der Waals surface area contributed by atoms with E-state index in [4.69, 9.17) is 4.74 Å². The van der Waals surface area contributed by atoms with Crippen LogP contribution in [0.2, 0.25) is 0 Å². The fraction of sp³-hybridized carbons (Fsp3) is 0.560. The van der Waals surface area contributed by atoms with Gasteiger partial charge in [-0.2, -0.15) is 0 Å². The zero-order valence-electron chi connectivity index (χ0n) is 20.4. The molecule has 0 fully saturated rings. The average Bonchev–Trinajstić information content (AvgIpc) is 3.21. The van der Waals surface area contributed by atoms with Crippen molar-refractivity contribution in [2.45, 2.75) is 77.2 Å². The first-order valence-electron chi connectivity index (χ1n) is 11.6. The van der Waals surface area contributed by atoms with Gasteiger partial charge in [0.05, 0.1) is 12.0 Å². The molecule has 1 unspecified atom stereocenters. The normalized spacial score (nSPS) is 12.4. The van der Waals surface area contributed by atoms with Crippen LogP contribution in [0.15, 0.2) is 24.4 Å². The minimum atomic E-state index is -0.707. The van der Waals surface area contributed by atoms with Gasteiger partial charge in [-0.3, -0.25) is 9.59 Å². The Hall–Kier alpha value is -2.39. The Kier molecular flexibility index (Phi) is 11.0. The van der Waals surface area contributed by atoms with Crippen molar-refractivity contribution in [2.75, 3.05) is 19.0 Å². The first-order valence-corrected chi connectivity index (χ1v) is 12.4. The second kappa shape index (κ2) is 13.5. The Morgan fingerprint density at radius 3 is 2.50 bits per heavy atom. The average molecular weight is 496 g/mol. The number of hydrogen-bond donors (Lipinski definition) is 2. The molecule has 0 aliphatic carbocycles. The minimum Gasteiger partial charge on any atom is -0.379 e. The molecule has 0 aliphatic heterocycles. The lowest BCUT2D eigenvalue weighted by molar-refractivity contribution is -0.120. The summed E-state index contributed by atoms with van der Waals surface area (Å²) in [5.74, 6) is -1.48. The first kappa shape index (κ1) is 27.9. The van der Waals surface area contributed by atoms with Crippen LogP contribution in [-0.2, 0) is 20.7 Å². The molecule has 188 valence electrons. The molecule has 6 nitrogen and oxygen atoms in total. The van der Waals surface area contributed by atoms with Gasteiger partial charge in [-0.25, -0.2) is 13.8 Å². The third-order valence-electron chi connectivity index (χ3n) is 5.66. The molecule has 0 bridgehead atoms. The lowest BCUT2D eigenvalue weighted by Crippen LogP contribution is -2.26. The van der Waals surface area contributed by atoms with Gasteiger partial charge < -0.3 is 15.4 Å². The fourth-order valence-electron chi connectivity index (χ4n) is 3.43. The summed E-state index contributed by atoms with van der Waals surface area (Å²) in [5, 5.41) is 6.14. The first-order chi connectivity index (χ1) is 16.1. The van der Waals surface area contributed by atoms with E-state index in [9.17, 15) is 18.4 Å². The molecule has 0 radical (unpaired) electrons. The van der Waals surface area contributed by atoms with Gasteiger partial charge in [-0.15, -0.1) is 11.3 Å². The molecule has 0 aliphatic rings. The van der Waals surface area contributed by atoms with Crippen LogP contribution in [0.5, 0.6) is 0 Å². The number of aromatic nitrogens is 1. The van der Waals surface area contributed by atoms with Crippen molar-refractivity contribution in [3.63, 3.8) is 0 Å². The maximum atomic E-state index is 13.2. The van der Waals surface area contributed by atoms with E-state index in [-0.39, 0.29) is 29.4 Å². The number of ether oxygens (including phenoxy) is 1. The molecule has 2 N–H and O–H groups in total. The molecule has 1 atom stereocenters. The predicted molar refractivity (Wildman–Crippen MR) is 131 cm³/mol. The zero-order chi connectivity index (χ0) is 25.1. The van der Waals surface area contributed by atoms with Crippen LogP contribution >= 0.6 is 11.3 Å². The van der Waals surface area contributed by atoms with Crippen LogP contribution in [0.1, 0.15) is 75.7 Å². The van der Waals surface area contributed by atoms with Crippen LogP contribution in [0.4, 0.5) is 13.9 Å². The number of anilines is 1. The number of nitrogens with one attached hydrogen (secondary N) is 2. The number of unbranched alkanes of at least 4 members (excludes halogenated alkanes) is 1. The predicted octanol–water partition coefficient (Wildman–Crippen LogP) is 5.59. The SMILES string of the molecule is COC(C)(C)CCCC(C)c1cnc(NC(=O)CCCCNC(=O)Cc2cc(F)cc(F)c2)s1. The molecule has 0 saturated carbocycles. The third-order valence-corrected chi connectivity index (χ3v) is 6.81. The number of hydrogen-bond acceptors (Lipinski definition) is 5. The van der Waals surface area contributed by atoms with Crippen LogP contribution in [0.3, 0.4) is 0 Å². The molecular formula is C25H35F2N3O3S. The highest BCUT2D eigenvalue weighted by molar-refractivity contribution is 7.15. The fourth-order valence-corrected chi connectivity index (χ4v) is 4.35. The summed E-state index contributed by atoms with van der Waals surface area (Å²) in [5.41, 5.74) is 0.168. The number of amides is 2. The van der Waals surface area contributed by atoms with Crippen molar-refractivity contribution >= 4 is 28.3 Å². The molecule has 1 aromatic heterocycles. The van der Waals surface area contributed by atoms with E-state index in [1.54, 1.807) is 7.11 Å². The van der Waals surface area contributed by atoms with Gasteiger partial charge in [-0.05, 0) is 69.6 Å². The van der Waals surface area contributed by atoms with Crippen molar-refractivity contribution in [3.8, 4) is 0 Å². The van der Waals surface area contributed by atoms with E-state index in [1.165, 1.54) is 11.3 Å². The molecule has 1 heterocycles. The van der Waals surface area contributed by atoms with E-state index in [0.717, 1.165) is 42.3 Å². The summed E-state index contributed by atoms with van der Waals surface area (Å²) >= 11 is 1.50. The van der Waals surface area contributed by atoms with Gasteiger partial charge >= 0.3 is 0 Å². The van der Waals surface area contributed by atoms with E-state index >= 15 is 0 Å². The number of nitrogens with zero attached hydrogens (tertiary/aromatic N) is 1. The van der Waals surface area contributed by atoms with Gasteiger partial charge in [0.2, 0.25) is 11.8 Å². The van der Waals surface area contributed by atoms with Gasteiger partial charge in [0, 0.05) is 37.2 Å². The summed E-state index contributed by atoms with van der Waals surface area (Å²) < 4.78 is 31.8. The molecule has 2 rings (SSSR count). The van der Waals surface area contributed by atoms with Crippen molar-refractivity contribution in [2.24, 2.45) is 0 Å². The lowest BCUT2D eigenvalue weighted by Gasteiger charge is -2.23. The highest BCUT2D eigenvalue weighted by Crippen LogP contribution is 2.30. The summed E-state index contributed by atoms with van der Waals surface area (Å²) in [6, 6.07) is 3.05. The highest BCUT2D eigenvalue weighted by Gasteiger charge is 2.18. The molecule has 1 aromatic carbocycles. The number of rotatable bonds is 14. The smallest absolute Gasteiger partial charge is 0.226 e. The van der Waals surface area contributed by atoms with E-state index < -0.39 is 11.6 Å². The monoisotopic (exact) mass is 495 g/mol. The van der Waals surface area contributed by atoms with Gasteiger partial charge in [0.15, 0.2) is 5.13 Å². The zero-order valence-corrected chi connectivity index (χ0v) is 21.2.